The first kappa shape index (κ1) is 15.8. The van der Waals surface area contributed by atoms with Crippen LogP contribution in [0.25, 0.3) is 5.70 Å². The molecule has 0 heterocycles. The molecule has 0 radical (unpaired) electrons. The molecule has 2 rings (SSSR count). The van der Waals surface area contributed by atoms with E-state index in [0.29, 0.717) is 16.3 Å². The third-order valence-electron chi connectivity index (χ3n) is 2.85. The lowest BCUT2D eigenvalue weighted by molar-refractivity contribution is -0.112. The number of hydrogen-bond donors (Lipinski definition) is 2. The van der Waals surface area contributed by atoms with E-state index < -0.39 is 0 Å². The summed E-state index contributed by atoms with van der Waals surface area (Å²) in [5.41, 5.74) is 7.15. The third kappa shape index (κ3) is 4.46. The number of ketones is 1. The van der Waals surface area contributed by atoms with Crippen LogP contribution in [0.3, 0.4) is 0 Å². The van der Waals surface area contributed by atoms with E-state index in [0.717, 1.165) is 5.56 Å². The van der Waals surface area contributed by atoms with Gasteiger partial charge in [-0.25, -0.2) is 0 Å². The zero-order valence-corrected chi connectivity index (χ0v) is 12.7. The van der Waals surface area contributed by atoms with Crippen molar-refractivity contribution in [3.05, 3.63) is 76.8 Å². The molecule has 0 bridgehead atoms. The summed E-state index contributed by atoms with van der Waals surface area (Å²) in [5.74, 6) is -0.436. The highest BCUT2D eigenvalue weighted by Crippen LogP contribution is 2.11. The van der Waals surface area contributed by atoms with Crippen LogP contribution in [0.2, 0.25) is 5.02 Å². The average molecular weight is 315 g/mol. The van der Waals surface area contributed by atoms with E-state index in [1.165, 1.54) is 13.0 Å². The van der Waals surface area contributed by atoms with Crippen LogP contribution in [-0.4, -0.2) is 11.7 Å². The maximum absolute atomic E-state index is 12.0. The van der Waals surface area contributed by atoms with Crippen molar-refractivity contribution < 1.29 is 9.59 Å². The van der Waals surface area contributed by atoms with Gasteiger partial charge in [-0.15, -0.1) is 0 Å². The number of carbonyl (C=O) groups excluding carboxylic acids is 2. The lowest BCUT2D eigenvalue weighted by Gasteiger charge is -2.12. The first-order valence-electron chi connectivity index (χ1n) is 6.66. The number of rotatable bonds is 5. The molecule has 0 saturated carbocycles. The molecule has 22 heavy (non-hydrogen) atoms. The minimum absolute atomic E-state index is 0.118. The quantitative estimate of drug-likeness (QED) is 0.658. The fourth-order valence-corrected chi connectivity index (χ4v) is 1.94. The highest BCUT2D eigenvalue weighted by atomic mass is 35.5. The Morgan fingerprint density at radius 3 is 2.14 bits per heavy atom. The Morgan fingerprint density at radius 2 is 1.55 bits per heavy atom. The Labute approximate surface area is 133 Å². The number of carbonyl (C=O) groups is 2. The standard InChI is InChI=1S/C17H15ClN2O2/c1-12(21)11-16(13-5-3-2-4-6-13)19-20-17(22)14-7-9-15(18)10-8-14/h2-11,19H,1H3,(H,20,22). The Bertz CT molecular complexity index is 694. The van der Waals surface area contributed by atoms with E-state index in [9.17, 15) is 9.59 Å². The van der Waals surface area contributed by atoms with Crippen molar-refractivity contribution in [2.45, 2.75) is 6.92 Å². The molecule has 0 aliphatic rings. The summed E-state index contributed by atoms with van der Waals surface area (Å²) in [6.45, 7) is 1.45. The number of halogens is 1. The van der Waals surface area contributed by atoms with E-state index in [4.69, 9.17) is 11.6 Å². The molecule has 0 saturated heterocycles. The van der Waals surface area contributed by atoms with E-state index in [2.05, 4.69) is 10.9 Å². The van der Waals surface area contributed by atoms with Crippen LogP contribution < -0.4 is 10.9 Å². The molecular weight excluding hydrogens is 300 g/mol. The normalized spacial score (nSPS) is 10.9. The Morgan fingerprint density at radius 1 is 0.909 bits per heavy atom. The van der Waals surface area contributed by atoms with Gasteiger partial charge in [0, 0.05) is 16.7 Å². The topological polar surface area (TPSA) is 58.2 Å². The Hall–Kier alpha value is -2.59. The van der Waals surface area contributed by atoms with Gasteiger partial charge in [-0.2, -0.15) is 0 Å². The smallest absolute Gasteiger partial charge is 0.269 e. The van der Waals surface area contributed by atoms with Gasteiger partial charge in [-0.1, -0.05) is 41.9 Å². The molecule has 1 amide bonds. The monoisotopic (exact) mass is 314 g/mol. The minimum Gasteiger partial charge on any atom is -0.298 e. The molecule has 5 heteroatoms. The molecule has 112 valence electrons. The van der Waals surface area contributed by atoms with Crippen LogP contribution in [0.15, 0.2) is 60.7 Å². The molecule has 2 aromatic carbocycles. The van der Waals surface area contributed by atoms with Crippen LogP contribution >= 0.6 is 11.6 Å². The van der Waals surface area contributed by atoms with Crippen LogP contribution in [-0.2, 0) is 4.79 Å². The molecule has 0 aromatic heterocycles. The molecule has 2 aromatic rings. The first-order valence-corrected chi connectivity index (χ1v) is 7.03. The van der Waals surface area contributed by atoms with E-state index in [-0.39, 0.29) is 11.7 Å². The fraction of sp³-hybridized carbons (Fsp3) is 0.0588. The summed E-state index contributed by atoms with van der Waals surface area (Å²) in [6.07, 6.45) is 1.43. The van der Waals surface area contributed by atoms with Crippen LogP contribution in [0, 0.1) is 0 Å². The van der Waals surface area contributed by atoms with Crippen molar-refractivity contribution >= 4 is 29.0 Å². The first-order chi connectivity index (χ1) is 10.6. The molecular formula is C17H15ClN2O2. The summed E-state index contributed by atoms with van der Waals surface area (Å²) in [4.78, 5) is 23.4. The summed E-state index contributed by atoms with van der Waals surface area (Å²) in [6, 6.07) is 15.8. The number of benzene rings is 2. The maximum atomic E-state index is 12.0. The molecule has 2 N–H and O–H groups in total. The number of amides is 1. The number of hydrazine groups is 1. The van der Waals surface area contributed by atoms with Crippen molar-refractivity contribution in [3.8, 4) is 0 Å². The van der Waals surface area contributed by atoms with Gasteiger partial charge in [0.1, 0.15) is 0 Å². The second kappa shape index (κ2) is 7.43. The molecule has 0 aliphatic carbocycles. The Kier molecular flexibility index (Phi) is 5.33. The van der Waals surface area contributed by atoms with Crippen molar-refractivity contribution in [1.29, 1.82) is 0 Å². The van der Waals surface area contributed by atoms with Crippen LogP contribution in [0.4, 0.5) is 0 Å². The van der Waals surface area contributed by atoms with Gasteiger partial charge < -0.3 is 0 Å². The van der Waals surface area contributed by atoms with Crippen molar-refractivity contribution in [3.63, 3.8) is 0 Å². The molecule has 0 unspecified atom stereocenters. The second-order valence-electron chi connectivity index (χ2n) is 4.62. The predicted molar refractivity (Wildman–Crippen MR) is 87.2 cm³/mol. The second-order valence-corrected chi connectivity index (χ2v) is 5.06. The zero-order valence-electron chi connectivity index (χ0n) is 12.0. The van der Waals surface area contributed by atoms with E-state index >= 15 is 0 Å². The number of allylic oxidation sites excluding steroid dienone is 1. The largest absolute Gasteiger partial charge is 0.298 e. The summed E-state index contributed by atoms with van der Waals surface area (Å²) in [5, 5.41) is 0.561. The summed E-state index contributed by atoms with van der Waals surface area (Å²) in [7, 11) is 0. The molecule has 0 fully saturated rings. The van der Waals surface area contributed by atoms with Gasteiger partial charge in [0.15, 0.2) is 5.78 Å². The van der Waals surface area contributed by atoms with Crippen LogP contribution in [0.1, 0.15) is 22.8 Å². The predicted octanol–water partition coefficient (Wildman–Crippen LogP) is 3.20. The lowest BCUT2D eigenvalue weighted by Crippen LogP contribution is -2.36. The van der Waals surface area contributed by atoms with Gasteiger partial charge in [0.2, 0.25) is 0 Å². The van der Waals surface area contributed by atoms with Gasteiger partial charge in [0.25, 0.3) is 5.91 Å². The minimum atomic E-state index is -0.318. The van der Waals surface area contributed by atoms with E-state index in [1.807, 2.05) is 30.3 Å². The SMILES string of the molecule is CC(=O)C=C(NNC(=O)c1ccc(Cl)cc1)c1ccccc1. The number of hydrogen-bond acceptors (Lipinski definition) is 3. The van der Waals surface area contributed by atoms with Gasteiger partial charge in [0.05, 0.1) is 5.70 Å². The summed E-state index contributed by atoms with van der Waals surface area (Å²) < 4.78 is 0. The molecule has 0 aliphatic heterocycles. The number of nitrogens with one attached hydrogen (secondary N) is 2. The van der Waals surface area contributed by atoms with Crippen molar-refractivity contribution in [2.24, 2.45) is 0 Å². The highest BCUT2D eigenvalue weighted by molar-refractivity contribution is 6.30. The maximum Gasteiger partial charge on any atom is 0.269 e. The third-order valence-corrected chi connectivity index (χ3v) is 3.10. The van der Waals surface area contributed by atoms with E-state index in [1.54, 1.807) is 24.3 Å². The lowest BCUT2D eigenvalue weighted by atomic mass is 10.1. The molecule has 0 spiro atoms. The molecule has 0 atom stereocenters. The fourth-order valence-electron chi connectivity index (χ4n) is 1.81. The molecule has 4 nitrogen and oxygen atoms in total. The summed E-state index contributed by atoms with van der Waals surface area (Å²) >= 11 is 5.79. The van der Waals surface area contributed by atoms with Gasteiger partial charge >= 0.3 is 0 Å². The van der Waals surface area contributed by atoms with Gasteiger partial charge in [-0.3, -0.25) is 20.4 Å². The average Bonchev–Trinajstić information content (AvgIpc) is 2.52. The van der Waals surface area contributed by atoms with Gasteiger partial charge in [-0.05, 0) is 36.8 Å². The van der Waals surface area contributed by atoms with Crippen molar-refractivity contribution in [2.75, 3.05) is 0 Å². The zero-order chi connectivity index (χ0) is 15.9. The highest BCUT2D eigenvalue weighted by Gasteiger charge is 2.07. The van der Waals surface area contributed by atoms with Crippen molar-refractivity contribution in [1.82, 2.24) is 10.9 Å². The van der Waals surface area contributed by atoms with Crippen LogP contribution in [0.5, 0.6) is 0 Å². The Balaban J connectivity index is 2.10.